The summed E-state index contributed by atoms with van der Waals surface area (Å²) in [5.74, 6) is -0.515. The van der Waals surface area contributed by atoms with Crippen molar-refractivity contribution < 1.29 is 14.3 Å². The van der Waals surface area contributed by atoms with E-state index in [1.54, 1.807) is 6.92 Å². The van der Waals surface area contributed by atoms with Gasteiger partial charge in [-0.05, 0) is 19.8 Å². The highest BCUT2D eigenvalue weighted by Crippen LogP contribution is 2.09. The van der Waals surface area contributed by atoms with E-state index in [1.165, 1.54) is 4.90 Å². The highest BCUT2D eigenvalue weighted by molar-refractivity contribution is 5.86. The lowest BCUT2D eigenvalue weighted by Crippen LogP contribution is -2.50. The molecule has 0 aromatic heterocycles. The molecule has 2 N–H and O–H groups in total. The molecule has 1 heterocycles. The topological polar surface area (TPSA) is 72.6 Å². The molecular formula is C9H16N2O3. The van der Waals surface area contributed by atoms with Crippen molar-refractivity contribution in [2.45, 2.75) is 25.8 Å². The highest BCUT2D eigenvalue weighted by Gasteiger charge is 2.27. The number of carbonyl (C=O) groups excluding carboxylic acids is 2. The molecule has 0 aliphatic carbocycles. The zero-order valence-electron chi connectivity index (χ0n) is 8.36. The molecule has 0 unspecified atom stereocenters. The molecule has 0 aromatic rings. The smallest absolute Gasteiger partial charge is 0.325 e. The summed E-state index contributed by atoms with van der Waals surface area (Å²) in [6.07, 6.45) is 1.56. The lowest BCUT2D eigenvalue weighted by atomic mass is 10.1. The van der Waals surface area contributed by atoms with Crippen LogP contribution in [-0.4, -0.2) is 42.5 Å². The first-order chi connectivity index (χ1) is 6.65. The fraction of sp³-hybridized carbons (Fsp3) is 0.778. The van der Waals surface area contributed by atoms with Gasteiger partial charge in [-0.1, -0.05) is 0 Å². The number of piperidine rings is 1. The predicted molar refractivity (Wildman–Crippen MR) is 50.4 cm³/mol. The normalized spacial score (nSPS) is 22.3. The van der Waals surface area contributed by atoms with Gasteiger partial charge in [-0.2, -0.15) is 0 Å². The van der Waals surface area contributed by atoms with E-state index in [9.17, 15) is 9.59 Å². The van der Waals surface area contributed by atoms with Gasteiger partial charge in [0.2, 0.25) is 5.91 Å². The molecular weight excluding hydrogens is 184 g/mol. The molecule has 80 valence electrons. The Morgan fingerprint density at radius 1 is 1.71 bits per heavy atom. The Morgan fingerprint density at radius 3 is 3.07 bits per heavy atom. The first-order valence-corrected chi connectivity index (χ1v) is 4.85. The minimum absolute atomic E-state index is 0.0281. The summed E-state index contributed by atoms with van der Waals surface area (Å²) in [7, 11) is 0. The van der Waals surface area contributed by atoms with Crippen LogP contribution in [-0.2, 0) is 14.3 Å². The van der Waals surface area contributed by atoms with E-state index in [0.29, 0.717) is 19.6 Å². The zero-order chi connectivity index (χ0) is 10.6. The van der Waals surface area contributed by atoms with E-state index in [4.69, 9.17) is 10.5 Å². The average molecular weight is 200 g/mol. The molecule has 1 aliphatic rings. The van der Waals surface area contributed by atoms with E-state index in [-0.39, 0.29) is 18.4 Å². The summed E-state index contributed by atoms with van der Waals surface area (Å²) >= 11 is 0. The number of hydrogen-bond acceptors (Lipinski definition) is 4. The minimum atomic E-state index is -0.446. The van der Waals surface area contributed by atoms with E-state index in [1.807, 2.05) is 0 Å². The van der Waals surface area contributed by atoms with Crippen molar-refractivity contribution in [3.8, 4) is 0 Å². The number of carbonyl (C=O) groups is 2. The van der Waals surface area contributed by atoms with Crippen LogP contribution in [0, 0.1) is 0 Å². The number of hydrogen-bond donors (Lipinski definition) is 1. The van der Waals surface area contributed by atoms with Crippen LogP contribution in [0.5, 0.6) is 0 Å². The monoisotopic (exact) mass is 200 g/mol. The third kappa shape index (κ3) is 2.70. The quantitative estimate of drug-likeness (QED) is 0.623. The number of nitrogens with two attached hydrogens (primary N) is 1. The summed E-state index contributed by atoms with van der Waals surface area (Å²) in [4.78, 5) is 24.0. The highest BCUT2D eigenvalue weighted by atomic mass is 16.5. The van der Waals surface area contributed by atoms with Crippen LogP contribution in [0.2, 0.25) is 0 Å². The lowest BCUT2D eigenvalue weighted by Gasteiger charge is -2.29. The molecule has 1 fully saturated rings. The van der Waals surface area contributed by atoms with Gasteiger partial charge in [0, 0.05) is 6.54 Å². The van der Waals surface area contributed by atoms with Gasteiger partial charge in [0.1, 0.15) is 6.54 Å². The van der Waals surface area contributed by atoms with E-state index < -0.39 is 6.04 Å². The van der Waals surface area contributed by atoms with Gasteiger partial charge in [-0.15, -0.1) is 0 Å². The number of rotatable bonds is 3. The van der Waals surface area contributed by atoms with Crippen LogP contribution >= 0.6 is 0 Å². The van der Waals surface area contributed by atoms with Gasteiger partial charge in [-0.25, -0.2) is 0 Å². The van der Waals surface area contributed by atoms with E-state index in [2.05, 4.69) is 0 Å². The van der Waals surface area contributed by atoms with Crippen LogP contribution in [0.3, 0.4) is 0 Å². The number of amides is 1. The summed E-state index contributed by atoms with van der Waals surface area (Å²) in [6.45, 7) is 2.71. The molecule has 1 amide bonds. The second-order valence-corrected chi connectivity index (χ2v) is 3.31. The Balaban J connectivity index is 2.43. The third-order valence-corrected chi connectivity index (χ3v) is 2.20. The number of likely N-dealkylation sites (tertiary alicyclic amines) is 1. The molecule has 1 rings (SSSR count). The Morgan fingerprint density at radius 2 is 2.43 bits per heavy atom. The van der Waals surface area contributed by atoms with Crippen LogP contribution in [0.1, 0.15) is 19.8 Å². The molecule has 0 aromatic carbocycles. The number of nitrogens with zero attached hydrogens (tertiary/aromatic N) is 1. The summed E-state index contributed by atoms with van der Waals surface area (Å²) in [5.41, 5.74) is 5.58. The molecule has 5 heteroatoms. The molecule has 0 spiro atoms. The minimum Gasteiger partial charge on any atom is -0.465 e. The van der Waals surface area contributed by atoms with E-state index in [0.717, 1.165) is 6.42 Å². The molecule has 5 nitrogen and oxygen atoms in total. The Kier molecular flexibility index (Phi) is 3.88. The second kappa shape index (κ2) is 4.95. The van der Waals surface area contributed by atoms with Crippen molar-refractivity contribution in [2.24, 2.45) is 5.73 Å². The zero-order valence-corrected chi connectivity index (χ0v) is 8.36. The third-order valence-electron chi connectivity index (χ3n) is 2.20. The Bertz CT molecular complexity index is 230. The van der Waals surface area contributed by atoms with Crippen molar-refractivity contribution >= 4 is 11.9 Å². The van der Waals surface area contributed by atoms with Gasteiger partial charge in [0.05, 0.1) is 12.6 Å². The Hall–Kier alpha value is -1.10. The molecule has 0 bridgehead atoms. The summed E-state index contributed by atoms with van der Waals surface area (Å²) in [5, 5.41) is 0. The Labute approximate surface area is 83.2 Å². The van der Waals surface area contributed by atoms with Crippen molar-refractivity contribution in [1.82, 2.24) is 4.90 Å². The van der Waals surface area contributed by atoms with E-state index >= 15 is 0 Å². The average Bonchev–Trinajstić information content (AvgIpc) is 2.13. The maximum atomic E-state index is 11.5. The van der Waals surface area contributed by atoms with Crippen molar-refractivity contribution in [1.29, 1.82) is 0 Å². The predicted octanol–water partition coefficient (Wildman–Crippen LogP) is -0.501. The van der Waals surface area contributed by atoms with Crippen LogP contribution in [0.15, 0.2) is 0 Å². The first kappa shape index (κ1) is 11.0. The van der Waals surface area contributed by atoms with Crippen LogP contribution < -0.4 is 5.73 Å². The standard InChI is InChI=1S/C9H16N2O3/c1-2-14-8(12)6-11-5-3-4-7(10)9(11)13/h7H,2-6,10H2,1H3/t7-/m1/s1. The molecule has 0 saturated carbocycles. The van der Waals surface area contributed by atoms with Gasteiger partial charge in [0.15, 0.2) is 0 Å². The molecule has 0 radical (unpaired) electrons. The van der Waals surface area contributed by atoms with Crippen molar-refractivity contribution in [3.63, 3.8) is 0 Å². The molecule has 1 aliphatic heterocycles. The molecule has 14 heavy (non-hydrogen) atoms. The fourth-order valence-electron chi connectivity index (χ4n) is 1.49. The van der Waals surface area contributed by atoms with Gasteiger partial charge in [-0.3, -0.25) is 9.59 Å². The van der Waals surface area contributed by atoms with Gasteiger partial charge < -0.3 is 15.4 Å². The summed E-state index contributed by atoms with van der Waals surface area (Å²) in [6, 6.07) is -0.446. The SMILES string of the molecule is CCOC(=O)CN1CCC[C@@H](N)C1=O. The lowest BCUT2D eigenvalue weighted by molar-refractivity contribution is -0.150. The molecule has 1 atom stereocenters. The van der Waals surface area contributed by atoms with Crippen molar-refractivity contribution in [3.05, 3.63) is 0 Å². The molecule has 1 saturated heterocycles. The van der Waals surface area contributed by atoms with Crippen LogP contribution in [0.4, 0.5) is 0 Å². The summed E-state index contributed by atoms with van der Waals surface area (Å²) < 4.78 is 4.75. The largest absolute Gasteiger partial charge is 0.465 e. The van der Waals surface area contributed by atoms with Crippen LogP contribution in [0.25, 0.3) is 0 Å². The van der Waals surface area contributed by atoms with Crippen molar-refractivity contribution in [2.75, 3.05) is 19.7 Å². The first-order valence-electron chi connectivity index (χ1n) is 4.85. The van der Waals surface area contributed by atoms with Gasteiger partial charge in [0.25, 0.3) is 0 Å². The number of esters is 1. The number of ether oxygens (including phenoxy) is 1. The fourth-order valence-corrected chi connectivity index (χ4v) is 1.49. The maximum absolute atomic E-state index is 11.5. The second-order valence-electron chi connectivity index (χ2n) is 3.31. The maximum Gasteiger partial charge on any atom is 0.325 e. The van der Waals surface area contributed by atoms with Gasteiger partial charge >= 0.3 is 5.97 Å².